The van der Waals surface area contributed by atoms with Crippen molar-refractivity contribution in [2.24, 2.45) is 0 Å². The van der Waals surface area contributed by atoms with Gasteiger partial charge in [-0.1, -0.05) is 30.3 Å². The van der Waals surface area contributed by atoms with Gasteiger partial charge in [0.15, 0.2) is 0 Å². The van der Waals surface area contributed by atoms with E-state index < -0.39 is 18.2 Å². The van der Waals surface area contributed by atoms with Gasteiger partial charge < -0.3 is 30.3 Å². The molecule has 1 saturated carbocycles. The van der Waals surface area contributed by atoms with Crippen molar-refractivity contribution in [3.8, 4) is 0 Å². The van der Waals surface area contributed by atoms with Gasteiger partial charge in [-0.15, -0.1) is 0 Å². The number of hydrogen-bond acceptors (Lipinski definition) is 5. The van der Waals surface area contributed by atoms with E-state index >= 15 is 0 Å². The first kappa shape index (κ1) is 20.6. The van der Waals surface area contributed by atoms with Crippen molar-refractivity contribution in [2.75, 3.05) is 20.8 Å². The third-order valence-electron chi connectivity index (χ3n) is 4.97. The summed E-state index contributed by atoms with van der Waals surface area (Å²) in [6, 6.07) is 9.13. The first-order valence-electron chi connectivity index (χ1n) is 9.02. The van der Waals surface area contributed by atoms with Gasteiger partial charge in [-0.25, -0.2) is 4.79 Å². The number of aliphatic hydroxyl groups excluding tert-OH is 1. The van der Waals surface area contributed by atoms with E-state index in [2.05, 4.69) is 10.6 Å². The minimum Gasteiger partial charge on any atom is -0.465 e. The maximum atomic E-state index is 11.1. The first-order valence-corrected chi connectivity index (χ1v) is 9.02. The summed E-state index contributed by atoms with van der Waals surface area (Å²) in [5.41, 5.74) is 0.974. The molecular weight excluding hydrogens is 336 g/mol. The zero-order valence-corrected chi connectivity index (χ0v) is 15.4. The minimum atomic E-state index is -1.14. The number of ether oxygens (including phenoxy) is 2. The molecule has 1 aromatic rings. The maximum Gasteiger partial charge on any atom is 0.404 e. The van der Waals surface area contributed by atoms with Crippen LogP contribution >= 0.6 is 0 Å². The predicted molar refractivity (Wildman–Crippen MR) is 98.3 cm³/mol. The Hall–Kier alpha value is -1.67. The molecule has 0 aromatic heterocycles. The Balaban J connectivity index is 1.91. The Bertz CT molecular complexity index is 530. The number of benzene rings is 1. The highest BCUT2D eigenvalue weighted by molar-refractivity contribution is 5.65. The van der Waals surface area contributed by atoms with Crippen LogP contribution in [0.15, 0.2) is 30.3 Å². The molecule has 0 bridgehead atoms. The third kappa shape index (κ3) is 6.57. The number of aliphatic hydroxyl groups is 1. The van der Waals surface area contributed by atoms with Crippen LogP contribution in [0.1, 0.15) is 24.8 Å². The van der Waals surface area contributed by atoms with Crippen LogP contribution in [0.4, 0.5) is 4.79 Å². The lowest BCUT2D eigenvalue weighted by Crippen LogP contribution is -2.51. The summed E-state index contributed by atoms with van der Waals surface area (Å²) in [5, 5.41) is 25.4. The van der Waals surface area contributed by atoms with Gasteiger partial charge in [-0.2, -0.15) is 0 Å². The maximum absolute atomic E-state index is 11.1. The van der Waals surface area contributed by atoms with E-state index in [0.717, 1.165) is 24.8 Å². The fourth-order valence-electron chi connectivity index (χ4n) is 3.51. The van der Waals surface area contributed by atoms with Crippen LogP contribution < -0.4 is 10.6 Å². The number of carbonyl (C=O) groups is 1. The SMILES string of the molecule is CO[C@@H]1CC(NC[C@@H](O)[C@H](Cc2ccccc2)NC(=O)O)C[C@H](OC)C1. The first-order chi connectivity index (χ1) is 12.5. The quantitative estimate of drug-likeness (QED) is 0.527. The Labute approximate surface area is 154 Å². The van der Waals surface area contributed by atoms with Gasteiger partial charge in [0.25, 0.3) is 0 Å². The molecule has 1 aliphatic rings. The molecule has 0 aliphatic heterocycles. The predicted octanol–water partition coefficient (Wildman–Crippen LogP) is 1.40. The van der Waals surface area contributed by atoms with Crippen LogP contribution in [0.25, 0.3) is 0 Å². The molecular formula is C19H30N2O5. The molecule has 26 heavy (non-hydrogen) atoms. The van der Waals surface area contributed by atoms with Crippen molar-refractivity contribution >= 4 is 6.09 Å². The molecule has 5 atom stereocenters. The zero-order chi connectivity index (χ0) is 18.9. The molecule has 4 N–H and O–H groups in total. The average Bonchev–Trinajstić information content (AvgIpc) is 2.65. The van der Waals surface area contributed by atoms with E-state index in [4.69, 9.17) is 14.6 Å². The monoisotopic (exact) mass is 366 g/mol. The molecule has 0 radical (unpaired) electrons. The molecule has 0 spiro atoms. The Morgan fingerprint density at radius 1 is 1.15 bits per heavy atom. The summed E-state index contributed by atoms with van der Waals surface area (Å²) in [5.74, 6) is 0. The molecule has 1 aromatic carbocycles. The highest BCUT2D eigenvalue weighted by Crippen LogP contribution is 2.23. The molecule has 1 amide bonds. The number of hydrogen-bond donors (Lipinski definition) is 4. The van der Waals surface area contributed by atoms with Crippen molar-refractivity contribution in [2.45, 2.75) is 56.1 Å². The fraction of sp³-hybridized carbons (Fsp3) is 0.632. The van der Waals surface area contributed by atoms with Gasteiger partial charge in [-0.3, -0.25) is 0 Å². The van der Waals surface area contributed by atoms with Crippen LogP contribution in [-0.4, -0.2) is 67.5 Å². The number of nitrogens with one attached hydrogen (secondary N) is 2. The lowest BCUT2D eigenvalue weighted by Gasteiger charge is -2.35. The fourth-order valence-corrected chi connectivity index (χ4v) is 3.51. The van der Waals surface area contributed by atoms with Gasteiger partial charge in [0.05, 0.1) is 24.4 Å². The van der Waals surface area contributed by atoms with Crippen molar-refractivity contribution in [1.29, 1.82) is 0 Å². The van der Waals surface area contributed by atoms with Crippen LogP contribution in [0.3, 0.4) is 0 Å². The van der Waals surface area contributed by atoms with E-state index in [0.29, 0.717) is 13.0 Å². The minimum absolute atomic E-state index is 0.126. The van der Waals surface area contributed by atoms with E-state index in [1.54, 1.807) is 14.2 Å². The standard InChI is InChI=1S/C19H30N2O5/c1-25-15-9-14(10-16(11-15)26-2)20-12-18(22)17(21-19(23)24)8-13-6-4-3-5-7-13/h3-7,14-18,20-22H,8-12H2,1-2H3,(H,23,24)/t14?,15-,16+,17-,18+/m0/s1. The molecule has 146 valence electrons. The molecule has 1 aliphatic carbocycles. The number of carboxylic acid groups (broad SMARTS) is 1. The topological polar surface area (TPSA) is 100 Å². The molecule has 0 heterocycles. The van der Waals surface area contributed by atoms with E-state index in [1.165, 1.54) is 0 Å². The van der Waals surface area contributed by atoms with Gasteiger partial charge in [0, 0.05) is 26.8 Å². The summed E-state index contributed by atoms with van der Waals surface area (Å²) in [6.45, 7) is 0.301. The van der Waals surface area contributed by atoms with E-state index in [1.807, 2.05) is 30.3 Å². The molecule has 2 rings (SSSR count). The Kier molecular flexibility index (Phi) is 8.31. The van der Waals surface area contributed by atoms with Crippen molar-refractivity contribution in [3.05, 3.63) is 35.9 Å². The van der Waals surface area contributed by atoms with E-state index in [9.17, 15) is 9.90 Å². The van der Waals surface area contributed by atoms with Crippen LogP contribution in [0.5, 0.6) is 0 Å². The smallest absolute Gasteiger partial charge is 0.404 e. The second-order valence-corrected chi connectivity index (χ2v) is 6.84. The largest absolute Gasteiger partial charge is 0.465 e. The van der Waals surface area contributed by atoms with Gasteiger partial charge >= 0.3 is 6.09 Å². The van der Waals surface area contributed by atoms with Crippen molar-refractivity contribution in [3.63, 3.8) is 0 Å². The Morgan fingerprint density at radius 3 is 2.31 bits per heavy atom. The average molecular weight is 366 g/mol. The summed E-state index contributed by atoms with van der Waals surface area (Å²) >= 11 is 0. The highest BCUT2D eigenvalue weighted by Gasteiger charge is 2.30. The number of methoxy groups -OCH3 is 2. The van der Waals surface area contributed by atoms with Crippen LogP contribution in [-0.2, 0) is 15.9 Å². The summed E-state index contributed by atoms with van der Waals surface area (Å²) in [7, 11) is 3.39. The molecule has 0 saturated heterocycles. The second-order valence-electron chi connectivity index (χ2n) is 6.84. The number of rotatable bonds is 9. The molecule has 7 nitrogen and oxygen atoms in total. The number of amides is 1. The summed E-state index contributed by atoms with van der Waals surface area (Å²) < 4.78 is 10.9. The third-order valence-corrected chi connectivity index (χ3v) is 4.97. The zero-order valence-electron chi connectivity index (χ0n) is 15.4. The molecule has 1 unspecified atom stereocenters. The summed E-state index contributed by atoms with van der Waals surface area (Å²) in [4.78, 5) is 11.1. The normalized spacial score (nSPS) is 25.4. The lowest BCUT2D eigenvalue weighted by molar-refractivity contribution is -0.0226. The highest BCUT2D eigenvalue weighted by atomic mass is 16.5. The van der Waals surface area contributed by atoms with Crippen molar-refractivity contribution < 1.29 is 24.5 Å². The Morgan fingerprint density at radius 2 is 1.77 bits per heavy atom. The molecule has 7 heteroatoms. The van der Waals surface area contributed by atoms with E-state index in [-0.39, 0.29) is 18.2 Å². The van der Waals surface area contributed by atoms with Gasteiger partial charge in [0.1, 0.15) is 0 Å². The van der Waals surface area contributed by atoms with Crippen LogP contribution in [0.2, 0.25) is 0 Å². The van der Waals surface area contributed by atoms with Crippen molar-refractivity contribution in [1.82, 2.24) is 10.6 Å². The molecule has 1 fully saturated rings. The van der Waals surface area contributed by atoms with Gasteiger partial charge in [-0.05, 0) is 31.2 Å². The summed E-state index contributed by atoms with van der Waals surface area (Å²) in [6.07, 6.45) is 1.27. The van der Waals surface area contributed by atoms with Gasteiger partial charge in [0.2, 0.25) is 0 Å². The van der Waals surface area contributed by atoms with Crippen LogP contribution in [0, 0.1) is 0 Å². The lowest BCUT2D eigenvalue weighted by atomic mass is 9.90. The second kappa shape index (κ2) is 10.5.